The summed E-state index contributed by atoms with van der Waals surface area (Å²) in [5.41, 5.74) is 2.40. The molecule has 8 heteroatoms. The van der Waals surface area contributed by atoms with Crippen molar-refractivity contribution in [2.24, 2.45) is 0 Å². The van der Waals surface area contributed by atoms with Gasteiger partial charge in [-0.1, -0.05) is 60.7 Å². The highest BCUT2D eigenvalue weighted by atomic mass is 19.1. The number of benzene rings is 3. The van der Waals surface area contributed by atoms with Crippen molar-refractivity contribution in [1.82, 2.24) is 10.3 Å². The molecule has 40 heavy (non-hydrogen) atoms. The number of pyridine rings is 1. The number of aromatic nitrogens is 1. The molecule has 0 saturated carbocycles. The Morgan fingerprint density at radius 3 is 2.17 bits per heavy atom. The van der Waals surface area contributed by atoms with Crippen LogP contribution in [0.15, 0.2) is 84.9 Å². The van der Waals surface area contributed by atoms with Crippen LogP contribution in [0.25, 0.3) is 11.1 Å². The van der Waals surface area contributed by atoms with E-state index in [0.29, 0.717) is 30.9 Å². The van der Waals surface area contributed by atoms with Crippen molar-refractivity contribution in [3.05, 3.63) is 113 Å². The highest BCUT2D eigenvalue weighted by Gasteiger charge is 2.43. The third-order valence-corrected chi connectivity index (χ3v) is 7.23. The fourth-order valence-electron chi connectivity index (χ4n) is 5.07. The van der Waals surface area contributed by atoms with Crippen LogP contribution in [0.3, 0.4) is 0 Å². The molecule has 0 radical (unpaired) electrons. The normalized spacial score (nSPS) is 18.1. The first kappa shape index (κ1) is 26.4. The van der Waals surface area contributed by atoms with Crippen molar-refractivity contribution >= 4 is 0 Å². The van der Waals surface area contributed by atoms with Crippen LogP contribution in [-0.4, -0.2) is 30.5 Å². The molecule has 2 fully saturated rings. The number of halogens is 2. The molecule has 1 spiro atoms. The number of rotatable bonds is 8. The summed E-state index contributed by atoms with van der Waals surface area (Å²) >= 11 is 0. The maximum Gasteiger partial charge on any atom is 0.225 e. The van der Waals surface area contributed by atoms with E-state index < -0.39 is 23.5 Å². The highest BCUT2D eigenvalue weighted by Crippen LogP contribution is 2.41. The first-order chi connectivity index (χ1) is 19.6. The zero-order chi connectivity index (χ0) is 27.4. The zero-order valence-electron chi connectivity index (χ0n) is 21.9. The van der Waals surface area contributed by atoms with Gasteiger partial charge >= 0.3 is 0 Å². The molecular formula is C32H30F2N2O4. The van der Waals surface area contributed by atoms with Crippen LogP contribution >= 0.6 is 0 Å². The third-order valence-electron chi connectivity index (χ3n) is 7.23. The van der Waals surface area contributed by atoms with E-state index in [4.69, 9.17) is 18.9 Å². The van der Waals surface area contributed by atoms with Gasteiger partial charge in [-0.3, -0.25) is 0 Å². The molecule has 6 nitrogen and oxygen atoms in total. The highest BCUT2D eigenvalue weighted by molar-refractivity contribution is 5.70. The smallest absolute Gasteiger partial charge is 0.225 e. The molecule has 4 aromatic rings. The lowest BCUT2D eigenvalue weighted by molar-refractivity contribution is -0.184. The largest absolute Gasteiger partial charge is 0.473 e. The second-order valence-electron chi connectivity index (χ2n) is 9.98. The molecule has 1 N–H and O–H groups in total. The Balaban J connectivity index is 1.27. The zero-order valence-corrected chi connectivity index (χ0v) is 21.9. The lowest BCUT2D eigenvalue weighted by Gasteiger charge is -2.32. The van der Waals surface area contributed by atoms with Gasteiger partial charge in [-0.2, -0.15) is 4.98 Å². The van der Waals surface area contributed by atoms with Gasteiger partial charge in [0.25, 0.3) is 0 Å². The Labute approximate surface area is 231 Å². The number of hydrogen-bond donors (Lipinski definition) is 1. The summed E-state index contributed by atoms with van der Waals surface area (Å²) in [6.45, 7) is 2.20. The fraction of sp³-hybridized carbons (Fsp3) is 0.281. The van der Waals surface area contributed by atoms with E-state index in [2.05, 4.69) is 10.3 Å². The maximum atomic E-state index is 15.6. The third kappa shape index (κ3) is 5.84. The molecule has 2 saturated heterocycles. The van der Waals surface area contributed by atoms with Crippen LogP contribution in [0.1, 0.15) is 35.6 Å². The summed E-state index contributed by atoms with van der Waals surface area (Å²) in [4.78, 5) is 4.52. The van der Waals surface area contributed by atoms with E-state index in [1.165, 1.54) is 12.1 Å². The number of ether oxygens (including phenoxy) is 4. The van der Waals surface area contributed by atoms with Crippen LogP contribution in [0.5, 0.6) is 11.8 Å². The molecule has 1 atom stereocenters. The number of nitrogens with zero attached hydrogens (tertiary/aromatic N) is 1. The Kier molecular flexibility index (Phi) is 7.73. The van der Waals surface area contributed by atoms with Gasteiger partial charge in [0.2, 0.25) is 11.8 Å². The fourth-order valence-corrected chi connectivity index (χ4v) is 5.07. The second-order valence-corrected chi connectivity index (χ2v) is 9.98. The number of nitrogens with one attached hydrogen (secondary N) is 1. The van der Waals surface area contributed by atoms with Gasteiger partial charge < -0.3 is 24.3 Å². The Morgan fingerprint density at radius 2 is 1.48 bits per heavy atom. The van der Waals surface area contributed by atoms with Gasteiger partial charge in [-0.25, -0.2) is 8.78 Å². The van der Waals surface area contributed by atoms with Crippen LogP contribution in [0.4, 0.5) is 8.78 Å². The Hall–Kier alpha value is -3.85. The van der Waals surface area contributed by atoms with Crippen LogP contribution in [-0.2, 0) is 22.7 Å². The summed E-state index contributed by atoms with van der Waals surface area (Å²) in [7, 11) is 0. The lowest BCUT2D eigenvalue weighted by atomic mass is 10.0. The molecule has 0 amide bonds. The molecular weight excluding hydrogens is 514 g/mol. The monoisotopic (exact) mass is 544 g/mol. The first-order valence-electron chi connectivity index (χ1n) is 13.4. The molecule has 3 aromatic carbocycles. The van der Waals surface area contributed by atoms with Gasteiger partial charge in [0.15, 0.2) is 5.79 Å². The summed E-state index contributed by atoms with van der Waals surface area (Å²) in [6.07, 6.45) is 0.651. The van der Waals surface area contributed by atoms with Crippen molar-refractivity contribution in [2.75, 3.05) is 19.7 Å². The maximum absolute atomic E-state index is 15.6. The standard InChI is InChI=1S/C32H30F2N2O4/c33-27-18-26(29-21-39-32(40-29)13-15-35-16-14-32)28(34)17-25(27)24-11-12-30(37-19-22-7-3-1-4-8-22)36-31(24)38-20-23-9-5-2-6-10-23/h1-12,17-18,29,35H,13-16,19-21H2. The predicted octanol–water partition coefficient (Wildman–Crippen LogP) is 6.35. The second kappa shape index (κ2) is 11.7. The Morgan fingerprint density at radius 1 is 0.800 bits per heavy atom. The molecule has 3 heterocycles. The minimum atomic E-state index is -0.741. The van der Waals surface area contributed by atoms with Gasteiger partial charge in [-0.15, -0.1) is 0 Å². The van der Waals surface area contributed by atoms with Crippen molar-refractivity contribution in [2.45, 2.75) is 37.9 Å². The molecule has 1 unspecified atom stereocenters. The van der Waals surface area contributed by atoms with Crippen molar-refractivity contribution < 1.29 is 27.7 Å². The quantitative estimate of drug-likeness (QED) is 0.279. The van der Waals surface area contributed by atoms with Crippen molar-refractivity contribution in [3.63, 3.8) is 0 Å². The minimum absolute atomic E-state index is 0.0434. The summed E-state index contributed by atoms with van der Waals surface area (Å²) in [5, 5.41) is 3.26. The number of hydrogen-bond acceptors (Lipinski definition) is 6. The van der Waals surface area contributed by atoms with Gasteiger partial charge in [-0.05, 0) is 29.3 Å². The van der Waals surface area contributed by atoms with Gasteiger partial charge in [0.05, 0.1) is 6.61 Å². The molecule has 0 aliphatic carbocycles. The average Bonchev–Trinajstić information content (AvgIpc) is 3.40. The average molecular weight is 545 g/mol. The van der Waals surface area contributed by atoms with E-state index in [-0.39, 0.29) is 30.2 Å². The summed E-state index contributed by atoms with van der Waals surface area (Å²) in [6, 6.07) is 24.9. The van der Waals surface area contributed by atoms with E-state index in [1.54, 1.807) is 12.1 Å². The van der Waals surface area contributed by atoms with Crippen molar-refractivity contribution in [1.29, 1.82) is 0 Å². The van der Waals surface area contributed by atoms with Crippen LogP contribution in [0, 0.1) is 11.6 Å². The topological polar surface area (TPSA) is 61.8 Å². The van der Waals surface area contributed by atoms with E-state index in [0.717, 1.165) is 24.2 Å². The lowest BCUT2D eigenvalue weighted by Crippen LogP contribution is -2.42. The van der Waals surface area contributed by atoms with Gasteiger partial charge in [0.1, 0.15) is 31.0 Å². The summed E-state index contributed by atoms with van der Waals surface area (Å²) < 4.78 is 55.1. The molecule has 2 aliphatic rings. The van der Waals surface area contributed by atoms with Crippen LogP contribution in [0.2, 0.25) is 0 Å². The van der Waals surface area contributed by atoms with E-state index >= 15 is 8.78 Å². The SMILES string of the molecule is Fc1cc(C2COC3(CCNCC3)O2)c(F)cc1-c1ccc(OCc2ccccc2)nc1OCc1ccccc1. The van der Waals surface area contributed by atoms with Gasteiger partial charge in [0, 0.05) is 48.7 Å². The number of piperidine rings is 1. The van der Waals surface area contributed by atoms with Crippen molar-refractivity contribution in [3.8, 4) is 22.9 Å². The summed E-state index contributed by atoms with van der Waals surface area (Å²) in [5.74, 6) is -1.45. The molecule has 1 aromatic heterocycles. The molecule has 206 valence electrons. The Bertz CT molecular complexity index is 1450. The predicted molar refractivity (Wildman–Crippen MR) is 146 cm³/mol. The molecule has 6 rings (SSSR count). The molecule has 0 bridgehead atoms. The minimum Gasteiger partial charge on any atom is -0.473 e. The van der Waals surface area contributed by atoms with Crippen LogP contribution < -0.4 is 14.8 Å². The van der Waals surface area contributed by atoms with E-state index in [9.17, 15) is 0 Å². The molecule has 2 aliphatic heterocycles. The van der Waals surface area contributed by atoms with E-state index in [1.807, 2.05) is 60.7 Å². The first-order valence-corrected chi connectivity index (χ1v) is 13.4.